The van der Waals surface area contributed by atoms with Crippen LogP contribution < -0.4 is 10.9 Å². The maximum atomic E-state index is 13.2. The van der Waals surface area contributed by atoms with Crippen molar-refractivity contribution in [2.24, 2.45) is 5.41 Å². The molecule has 3 N–H and O–H groups in total. The summed E-state index contributed by atoms with van der Waals surface area (Å²) in [7, 11) is 0. The maximum Gasteiger partial charge on any atom is 0.291 e. The van der Waals surface area contributed by atoms with E-state index in [2.05, 4.69) is 25.6 Å². The van der Waals surface area contributed by atoms with Crippen molar-refractivity contribution in [2.75, 3.05) is 0 Å². The van der Waals surface area contributed by atoms with Gasteiger partial charge in [0.15, 0.2) is 5.56 Å². The highest BCUT2D eigenvalue weighted by Crippen LogP contribution is 2.29. The van der Waals surface area contributed by atoms with Gasteiger partial charge < -0.3 is 10.4 Å². The molecule has 31 heavy (non-hydrogen) atoms. The minimum atomic E-state index is -0.667. The molecular weight excluding hydrogens is 398 g/mol. The van der Waals surface area contributed by atoms with E-state index < -0.39 is 11.5 Å². The zero-order chi connectivity index (χ0) is 21.9. The van der Waals surface area contributed by atoms with E-state index in [0.717, 1.165) is 23.7 Å². The van der Waals surface area contributed by atoms with Gasteiger partial charge >= 0.3 is 0 Å². The number of aromatic amines is 1. The molecule has 1 aliphatic carbocycles. The molecular formula is C21H23N7O3. The molecule has 0 radical (unpaired) electrons. The Labute approximate surface area is 176 Å². The van der Waals surface area contributed by atoms with Gasteiger partial charge in [0.25, 0.3) is 11.5 Å². The summed E-state index contributed by atoms with van der Waals surface area (Å²) >= 11 is 0. The first kappa shape index (κ1) is 19.3. The fourth-order valence-electron chi connectivity index (χ4n) is 3.64. The standard InChI is InChI=1S/C21H23N7O3/c1-21(2,3)10-27-15-8-14(17-12-9-22-7-6-13(12)24-25-17)26-28(15)20(31)16(19(27)30)18(29)23-11-4-5-11/h6-9,11,30H,4-5,10H2,1-3H3,(H,23,29)(H,24,25). The van der Waals surface area contributed by atoms with E-state index in [1.807, 2.05) is 20.8 Å². The Balaban J connectivity index is 1.75. The summed E-state index contributed by atoms with van der Waals surface area (Å²) in [5.41, 5.74) is 0.960. The number of aromatic hydroxyl groups is 1. The SMILES string of the molecule is CC(C)(C)Cn1c(O)c(C(=O)NC2CC2)c(=O)n2nc(-c3n[nH]c4ccncc34)cc12. The summed E-state index contributed by atoms with van der Waals surface area (Å²) in [5.74, 6) is -0.938. The summed E-state index contributed by atoms with van der Waals surface area (Å²) < 4.78 is 2.73. The summed E-state index contributed by atoms with van der Waals surface area (Å²) in [6.07, 6.45) is 5.07. The van der Waals surface area contributed by atoms with Crippen molar-refractivity contribution in [1.29, 1.82) is 0 Å². The van der Waals surface area contributed by atoms with Gasteiger partial charge in [-0.25, -0.2) is 0 Å². The van der Waals surface area contributed by atoms with E-state index >= 15 is 0 Å². The molecule has 10 heteroatoms. The van der Waals surface area contributed by atoms with E-state index in [9.17, 15) is 14.7 Å². The Kier molecular flexibility index (Phi) is 4.14. The highest BCUT2D eigenvalue weighted by molar-refractivity contribution is 5.97. The van der Waals surface area contributed by atoms with Crippen molar-refractivity contribution in [3.63, 3.8) is 0 Å². The first-order valence-electron chi connectivity index (χ1n) is 10.2. The van der Waals surface area contributed by atoms with Crippen molar-refractivity contribution in [3.05, 3.63) is 40.4 Å². The largest absolute Gasteiger partial charge is 0.494 e. The molecule has 5 rings (SSSR count). The van der Waals surface area contributed by atoms with Crippen molar-refractivity contribution < 1.29 is 9.90 Å². The second kappa shape index (κ2) is 6.66. The molecule has 0 atom stereocenters. The highest BCUT2D eigenvalue weighted by Gasteiger charge is 2.30. The van der Waals surface area contributed by atoms with Gasteiger partial charge in [0.2, 0.25) is 5.88 Å². The van der Waals surface area contributed by atoms with E-state index in [-0.39, 0.29) is 22.9 Å². The lowest BCUT2D eigenvalue weighted by Crippen LogP contribution is -2.35. The van der Waals surface area contributed by atoms with Gasteiger partial charge in [-0.15, -0.1) is 0 Å². The van der Waals surface area contributed by atoms with Crippen LogP contribution in [0.3, 0.4) is 0 Å². The second-order valence-corrected chi connectivity index (χ2v) is 9.19. The lowest BCUT2D eigenvalue weighted by atomic mass is 9.96. The average Bonchev–Trinajstić information content (AvgIpc) is 3.24. The molecule has 10 nitrogen and oxygen atoms in total. The summed E-state index contributed by atoms with van der Waals surface area (Å²) in [5, 5.41) is 26.2. The number of nitrogens with zero attached hydrogens (tertiary/aromatic N) is 5. The van der Waals surface area contributed by atoms with Crippen molar-refractivity contribution in [3.8, 4) is 17.3 Å². The minimum absolute atomic E-state index is 0.0502. The molecule has 0 aliphatic heterocycles. The average molecular weight is 421 g/mol. The van der Waals surface area contributed by atoms with Crippen LogP contribution >= 0.6 is 0 Å². The monoisotopic (exact) mass is 421 g/mol. The van der Waals surface area contributed by atoms with Crippen molar-refractivity contribution >= 4 is 22.5 Å². The number of carbonyl (C=O) groups excluding carboxylic acids is 1. The van der Waals surface area contributed by atoms with Gasteiger partial charge in [-0.1, -0.05) is 20.8 Å². The molecule has 1 saturated carbocycles. The van der Waals surface area contributed by atoms with Crippen LogP contribution in [-0.2, 0) is 6.54 Å². The summed E-state index contributed by atoms with van der Waals surface area (Å²) in [4.78, 5) is 30.1. The minimum Gasteiger partial charge on any atom is -0.494 e. The lowest BCUT2D eigenvalue weighted by molar-refractivity contribution is 0.0944. The molecule has 4 aromatic heterocycles. The van der Waals surface area contributed by atoms with Crippen LogP contribution in [0.25, 0.3) is 27.9 Å². The van der Waals surface area contributed by atoms with Crippen LogP contribution in [0, 0.1) is 5.41 Å². The van der Waals surface area contributed by atoms with Crippen LogP contribution in [-0.4, -0.2) is 46.4 Å². The quantitative estimate of drug-likeness (QED) is 0.462. The number of carbonyl (C=O) groups is 1. The summed E-state index contributed by atoms with van der Waals surface area (Å²) in [6.45, 7) is 6.40. The van der Waals surface area contributed by atoms with E-state index in [1.165, 1.54) is 4.52 Å². The molecule has 1 aliphatic rings. The third kappa shape index (κ3) is 3.33. The Morgan fingerprint density at radius 1 is 1.35 bits per heavy atom. The van der Waals surface area contributed by atoms with Crippen LogP contribution in [0.1, 0.15) is 44.0 Å². The van der Waals surface area contributed by atoms with Gasteiger partial charge in [-0.05, 0) is 24.3 Å². The molecule has 1 fully saturated rings. The highest BCUT2D eigenvalue weighted by atomic mass is 16.3. The van der Waals surface area contributed by atoms with Gasteiger partial charge in [-0.2, -0.15) is 14.7 Å². The van der Waals surface area contributed by atoms with Crippen LogP contribution in [0.2, 0.25) is 0 Å². The number of hydrogen-bond donors (Lipinski definition) is 3. The summed E-state index contributed by atoms with van der Waals surface area (Å²) in [6, 6.07) is 3.54. The zero-order valence-corrected chi connectivity index (χ0v) is 17.5. The van der Waals surface area contributed by atoms with Gasteiger partial charge in [0, 0.05) is 36.4 Å². The molecule has 0 spiro atoms. The molecule has 0 bridgehead atoms. The molecule has 4 aromatic rings. The van der Waals surface area contributed by atoms with Crippen LogP contribution in [0.4, 0.5) is 0 Å². The molecule has 160 valence electrons. The predicted molar refractivity (Wildman–Crippen MR) is 114 cm³/mol. The first-order chi connectivity index (χ1) is 14.7. The molecule has 0 unspecified atom stereocenters. The normalized spacial score (nSPS) is 14.4. The Bertz CT molecular complexity index is 1390. The predicted octanol–water partition coefficient (Wildman–Crippen LogP) is 2.08. The Morgan fingerprint density at radius 2 is 2.13 bits per heavy atom. The third-order valence-electron chi connectivity index (χ3n) is 5.23. The molecule has 4 heterocycles. The number of fused-ring (bicyclic) bond motifs is 2. The van der Waals surface area contributed by atoms with Crippen LogP contribution in [0.5, 0.6) is 5.88 Å². The van der Waals surface area contributed by atoms with E-state index in [4.69, 9.17) is 0 Å². The topological polar surface area (TPSA) is 130 Å². The number of nitrogens with one attached hydrogen (secondary N) is 2. The van der Waals surface area contributed by atoms with Crippen molar-refractivity contribution in [2.45, 2.75) is 46.2 Å². The zero-order valence-electron chi connectivity index (χ0n) is 17.5. The third-order valence-corrected chi connectivity index (χ3v) is 5.23. The van der Waals surface area contributed by atoms with E-state index in [1.54, 1.807) is 29.1 Å². The van der Waals surface area contributed by atoms with Crippen molar-refractivity contribution in [1.82, 2.24) is 34.7 Å². The maximum absolute atomic E-state index is 13.2. The molecule has 1 amide bonds. The number of hydrogen-bond acceptors (Lipinski definition) is 6. The molecule has 0 aromatic carbocycles. The Hall–Kier alpha value is -3.69. The first-order valence-corrected chi connectivity index (χ1v) is 10.2. The number of pyridine rings is 1. The van der Waals surface area contributed by atoms with E-state index in [0.29, 0.717) is 23.6 Å². The fraction of sp³-hybridized carbons (Fsp3) is 0.381. The Morgan fingerprint density at radius 3 is 2.84 bits per heavy atom. The number of amides is 1. The van der Waals surface area contributed by atoms with Gasteiger partial charge in [-0.3, -0.25) is 24.2 Å². The van der Waals surface area contributed by atoms with Crippen LogP contribution in [0.15, 0.2) is 29.3 Å². The lowest BCUT2D eigenvalue weighted by Gasteiger charge is -2.23. The molecule has 0 saturated heterocycles. The number of rotatable bonds is 4. The van der Waals surface area contributed by atoms with Gasteiger partial charge in [0.1, 0.15) is 17.0 Å². The second-order valence-electron chi connectivity index (χ2n) is 9.19. The van der Waals surface area contributed by atoms with Gasteiger partial charge in [0.05, 0.1) is 5.52 Å². The number of aromatic nitrogens is 6. The fourth-order valence-corrected chi connectivity index (χ4v) is 3.64. The smallest absolute Gasteiger partial charge is 0.291 e. The number of H-pyrrole nitrogens is 1.